The van der Waals surface area contributed by atoms with Gasteiger partial charge in [0.05, 0.1) is 5.92 Å². The summed E-state index contributed by atoms with van der Waals surface area (Å²) in [5.41, 5.74) is 0.893. The number of amides is 1. The van der Waals surface area contributed by atoms with Crippen LogP contribution in [0.3, 0.4) is 0 Å². The predicted molar refractivity (Wildman–Crippen MR) is 98.8 cm³/mol. The number of carbonyl (C=O) groups excluding carboxylic acids is 1. The summed E-state index contributed by atoms with van der Waals surface area (Å²) in [6.45, 7) is 0. The fourth-order valence-electron chi connectivity index (χ4n) is 3.00. The number of hydrogen-bond acceptors (Lipinski definition) is 2. The third-order valence-corrected chi connectivity index (χ3v) is 4.38. The fraction of sp³-hybridized carbons (Fsp3) is 0.333. The van der Waals surface area contributed by atoms with Crippen LogP contribution < -0.4 is 5.32 Å². The molecule has 2 aromatic rings. The summed E-state index contributed by atoms with van der Waals surface area (Å²) < 4.78 is 40.3. The quantitative estimate of drug-likeness (QED) is 0.667. The van der Waals surface area contributed by atoms with Gasteiger partial charge in [-0.1, -0.05) is 60.7 Å². The highest BCUT2D eigenvalue weighted by atomic mass is 19.4. The van der Waals surface area contributed by atoms with Gasteiger partial charge in [-0.25, -0.2) is 0 Å². The molecule has 0 heterocycles. The lowest BCUT2D eigenvalue weighted by molar-refractivity contribution is -0.157. The number of benzene rings is 2. The minimum Gasteiger partial charge on any atom is -0.481 e. The van der Waals surface area contributed by atoms with Crippen molar-refractivity contribution in [1.82, 2.24) is 5.32 Å². The van der Waals surface area contributed by atoms with Crippen LogP contribution in [0.15, 0.2) is 60.7 Å². The highest BCUT2D eigenvalue weighted by molar-refractivity contribution is 5.77. The summed E-state index contributed by atoms with van der Waals surface area (Å²) in [5, 5.41) is 11.5. The molecule has 0 spiro atoms. The standard InChI is InChI=1S/C21H22F3NO3/c22-21(23,24)18(16-9-5-2-6-10-16)14-19(26)25-17(11-12-20(27)28)13-15-7-3-1-4-8-15/h1-10,17-18H,11-14H2,(H,25,26)(H,27,28). The Bertz CT molecular complexity index is 763. The molecule has 2 aromatic carbocycles. The van der Waals surface area contributed by atoms with Gasteiger partial charge >= 0.3 is 12.1 Å². The van der Waals surface area contributed by atoms with E-state index in [0.29, 0.717) is 6.42 Å². The Balaban J connectivity index is 2.08. The van der Waals surface area contributed by atoms with E-state index in [4.69, 9.17) is 5.11 Å². The Morgan fingerprint density at radius 3 is 2.07 bits per heavy atom. The minimum absolute atomic E-state index is 0.0234. The van der Waals surface area contributed by atoms with Gasteiger partial charge in [0.2, 0.25) is 5.91 Å². The van der Waals surface area contributed by atoms with Gasteiger partial charge < -0.3 is 10.4 Å². The van der Waals surface area contributed by atoms with Crippen LogP contribution in [-0.2, 0) is 16.0 Å². The van der Waals surface area contributed by atoms with Gasteiger partial charge in [0, 0.05) is 18.9 Å². The molecule has 0 aliphatic rings. The molecule has 0 aliphatic carbocycles. The zero-order valence-electron chi connectivity index (χ0n) is 15.2. The van der Waals surface area contributed by atoms with Crippen LogP contribution in [0.1, 0.15) is 36.3 Å². The maximum absolute atomic E-state index is 13.4. The molecule has 150 valence electrons. The lowest BCUT2D eigenvalue weighted by Crippen LogP contribution is -2.39. The third kappa shape index (κ3) is 7.06. The van der Waals surface area contributed by atoms with Crippen LogP contribution in [0.25, 0.3) is 0 Å². The van der Waals surface area contributed by atoms with Crippen molar-refractivity contribution < 1.29 is 27.9 Å². The number of carboxylic acids is 1. The number of halogens is 3. The molecule has 7 heteroatoms. The molecule has 4 nitrogen and oxygen atoms in total. The van der Waals surface area contributed by atoms with E-state index in [-0.39, 0.29) is 18.4 Å². The van der Waals surface area contributed by atoms with Crippen molar-refractivity contribution in [3.8, 4) is 0 Å². The van der Waals surface area contributed by atoms with E-state index in [1.54, 1.807) is 18.2 Å². The van der Waals surface area contributed by atoms with E-state index in [9.17, 15) is 22.8 Å². The number of rotatable bonds is 9. The Hall–Kier alpha value is -2.83. The van der Waals surface area contributed by atoms with Crippen LogP contribution >= 0.6 is 0 Å². The summed E-state index contributed by atoms with van der Waals surface area (Å²) >= 11 is 0. The smallest absolute Gasteiger partial charge is 0.396 e. The van der Waals surface area contributed by atoms with Gasteiger partial charge in [0.15, 0.2) is 0 Å². The summed E-state index contributed by atoms with van der Waals surface area (Å²) in [6, 6.07) is 15.8. The molecule has 0 aromatic heterocycles. The van der Waals surface area contributed by atoms with Crippen LogP contribution in [0, 0.1) is 0 Å². The molecule has 0 saturated heterocycles. The third-order valence-electron chi connectivity index (χ3n) is 4.38. The number of aliphatic carboxylic acids is 1. The van der Waals surface area contributed by atoms with Crippen LogP contribution in [0.4, 0.5) is 13.2 Å². The largest absolute Gasteiger partial charge is 0.481 e. The van der Waals surface area contributed by atoms with E-state index in [1.807, 2.05) is 18.2 Å². The second-order valence-electron chi connectivity index (χ2n) is 6.60. The van der Waals surface area contributed by atoms with Crippen molar-refractivity contribution in [2.75, 3.05) is 0 Å². The van der Waals surface area contributed by atoms with E-state index >= 15 is 0 Å². The van der Waals surface area contributed by atoms with Gasteiger partial charge in [0.25, 0.3) is 0 Å². The van der Waals surface area contributed by atoms with Crippen molar-refractivity contribution in [2.24, 2.45) is 0 Å². The van der Waals surface area contributed by atoms with Gasteiger partial charge in [-0.15, -0.1) is 0 Å². The molecule has 0 radical (unpaired) electrons. The Morgan fingerprint density at radius 1 is 0.964 bits per heavy atom. The topological polar surface area (TPSA) is 66.4 Å². The molecule has 0 bridgehead atoms. The van der Waals surface area contributed by atoms with Crippen molar-refractivity contribution in [1.29, 1.82) is 0 Å². The maximum atomic E-state index is 13.4. The highest BCUT2D eigenvalue weighted by Crippen LogP contribution is 2.37. The fourth-order valence-corrected chi connectivity index (χ4v) is 3.00. The first-order valence-corrected chi connectivity index (χ1v) is 8.92. The normalized spacial score (nSPS) is 13.5. The van der Waals surface area contributed by atoms with E-state index < -0.39 is 36.4 Å². The summed E-state index contributed by atoms with van der Waals surface area (Å²) in [5.74, 6) is -3.69. The first-order chi connectivity index (χ1) is 13.3. The zero-order valence-corrected chi connectivity index (χ0v) is 15.2. The average molecular weight is 393 g/mol. The molecular formula is C21H22F3NO3. The molecular weight excluding hydrogens is 371 g/mol. The second-order valence-corrected chi connectivity index (χ2v) is 6.60. The first kappa shape index (κ1) is 21.5. The Labute approximate surface area is 161 Å². The number of hydrogen-bond donors (Lipinski definition) is 2. The Kier molecular flexibility index (Phi) is 7.61. The van der Waals surface area contributed by atoms with Gasteiger partial charge in [-0.05, 0) is 24.0 Å². The second kappa shape index (κ2) is 9.92. The Morgan fingerprint density at radius 2 is 1.54 bits per heavy atom. The van der Waals surface area contributed by atoms with Crippen molar-refractivity contribution in [3.05, 3.63) is 71.8 Å². The number of carboxylic acid groups (broad SMARTS) is 1. The molecule has 0 fully saturated rings. The predicted octanol–water partition coefficient (Wildman–Crippen LogP) is 4.31. The molecule has 0 aliphatic heterocycles. The summed E-state index contributed by atoms with van der Waals surface area (Å²) in [4.78, 5) is 23.2. The molecule has 2 N–H and O–H groups in total. The molecule has 2 rings (SSSR count). The molecule has 1 amide bonds. The molecule has 28 heavy (non-hydrogen) atoms. The minimum atomic E-state index is -4.56. The molecule has 0 saturated carbocycles. The highest BCUT2D eigenvalue weighted by Gasteiger charge is 2.42. The van der Waals surface area contributed by atoms with Crippen LogP contribution in [-0.4, -0.2) is 29.2 Å². The van der Waals surface area contributed by atoms with Crippen LogP contribution in [0.2, 0.25) is 0 Å². The SMILES string of the molecule is O=C(O)CCC(Cc1ccccc1)NC(=O)CC(c1ccccc1)C(F)(F)F. The van der Waals surface area contributed by atoms with Crippen LogP contribution in [0.5, 0.6) is 0 Å². The van der Waals surface area contributed by atoms with Crippen molar-refractivity contribution in [2.45, 2.75) is 43.8 Å². The lowest BCUT2D eigenvalue weighted by atomic mass is 9.94. The first-order valence-electron chi connectivity index (χ1n) is 8.92. The number of carbonyl (C=O) groups is 2. The maximum Gasteiger partial charge on any atom is 0.396 e. The van der Waals surface area contributed by atoms with Gasteiger partial charge in [-0.3, -0.25) is 9.59 Å². The number of nitrogens with one attached hydrogen (secondary N) is 1. The zero-order chi connectivity index (χ0) is 20.6. The average Bonchev–Trinajstić information content (AvgIpc) is 2.65. The van der Waals surface area contributed by atoms with E-state index in [2.05, 4.69) is 5.32 Å². The molecule has 2 unspecified atom stereocenters. The number of alkyl halides is 3. The lowest BCUT2D eigenvalue weighted by Gasteiger charge is -2.23. The van der Waals surface area contributed by atoms with Crippen molar-refractivity contribution >= 4 is 11.9 Å². The summed E-state index contributed by atoms with van der Waals surface area (Å²) in [7, 11) is 0. The summed E-state index contributed by atoms with van der Waals surface area (Å²) in [6.07, 6.45) is -5.00. The van der Waals surface area contributed by atoms with E-state index in [0.717, 1.165) is 5.56 Å². The van der Waals surface area contributed by atoms with Gasteiger partial charge in [-0.2, -0.15) is 13.2 Å². The monoisotopic (exact) mass is 393 g/mol. The van der Waals surface area contributed by atoms with Crippen molar-refractivity contribution in [3.63, 3.8) is 0 Å². The molecule has 2 atom stereocenters. The van der Waals surface area contributed by atoms with Gasteiger partial charge in [0.1, 0.15) is 0 Å². The van der Waals surface area contributed by atoms with E-state index in [1.165, 1.54) is 24.3 Å².